The Hall–Kier alpha value is -2.92. The van der Waals surface area contributed by atoms with E-state index in [1.54, 1.807) is 0 Å². The van der Waals surface area contributed by atoms with Gasteiger partial charge in [0.25, 0.3) is 0 Å². The maximum absolute atomic E-state index is 12.9. The number of aryl methyl sites for hydroxylation is 2. The number of piperidine rings is 1. The number of unbranched alkanes of at least 4 members (excludes halogenated alkanes) is 1. The fourth-order valence-electron chi connectivity index (χ4n) is 5.89. The van der Waals surface area contributed by atoms with Gasteiger partial charge in [0, 0.05) is 41.7 Å². The highest BCUT2D eigenvalue weighted by atomic mass is 16.1. The molecule has 0 bridgehead atoms. The fraction of sp³-hybridized carbons (Fsp3) is 0.467. The third-order valence-corrected chi connectivity index (χ3v) is 7.79. The van der Waals surface area contributed by atoms with Crippen LogP contribution < -0.4 is 5.32 Å². The molecule has 4 heterocycles. The number of hydrogen-bond acceptors (Lipinski definition) is 4. The zero-order valence-corrected chi connectivity index (χ0v) is 21.0. The van der Waals surface area contributed by atoms with Crippen molar-refractivity contribution in [2.24, 2.45) is 5.92 Å². The van der Waals surface area contributed by atoms with Crippen LogP contribution in [-0.4, -0.2) is 40.3 Å². The summed E-state index contributed by atoms with van der Waals surface area (Å²) in [7, 11) is 0. The van der Waals surface area contributed by atoms with Gasteiger partial charge >= 0.3 is 0 Å². The summed E-state index contributed by atoms with van der Waals surface area (Å²) in [5.74, 6) is 1.71. The lowest BCUT2D eigenvalue weighted by molar-refractivity contribution is -0.124. The lowest BCUT2D eigenvalue weighted by Gasteiger charge is -2.37. The third kappa shape index (κ3) is 5.35. The second kappa shape index (κ2) is 10.8. The number of rotatable bonds is 9. The van der Waals surface area contributed by atoms with Crippen LogP contribution in [0, 0.1) is 5.92 Å². The van der Waals surface area contributed by atoms with E-state index in [4.69, 9.17) is 4.98 Å². The lowest BCUT2D eigenvalue weighted by Crippen LogP contribution is -2.39. The Morgan fingerprint density at radius 1 is 1.17 bits per heavy atom. The highest BCUT2D eigenvalue weighted by Gasteiger charge is 2.30. The van der Waals surface area contributed by atoms with Crippen LogP contribution in [0.2, 0.25) is 0 Å². The molecule has 0 radical (unpaired) electrons. The number of para-hydroxylation sites is 1. The monoisotopic (exact) mass is 470 g/mol. The van der Waals surface area contributed by atoms with Crippen molar-refractivity contribution in [3.8, 4) is 0 Å². The van der Waals surface area contributed by atoms with E-state index in [0.29, 0.717) is 12.2 Å². The number of pyridine rings is 1. The molecule has 1 aromatic carbocycles. The maximum Gasteiger partial charge on any atom is 0.136 e. The fourth-order valence-corrected chi connectivity index (χ4v) is 5.89. The summed E-state index contributed by atoms with van der Waals surface area (Å²) < 4.78 is 0. The average Bonchev–Trinajstić information content (AvgIpc) is 3.30. The van der Waals surface area contributed by atoms with Gasteiger partial charge in [-0.05, 0) is 88.2 Å². The first-order valence-electron chi connectivity index (χ1n) is 13.3. The Bertz CT molecular complexity index is 1190. The highest BCUT2D eigenvalue weighted by Crippen LogP contribution is 2.35. The van der Waals surface area contributed by atoms with Gasteiger partial charge in [-0.2, -0.15) is 0 Å². The quantitative estimate of drug-likeness (QED) is 0.287. The molecule has 5 heteroatoms. The van der Waals surface area contributed by atoms with Crippen molar-refractivity contribution >= 4 is 22.5 Å². The molecule has 184 valence electrons. The van der Waals surface area contributed by atoms with Crippen molar-refractivity contribution in [2.45, 2.75) is 64.3 Å². The van der Waals surface area contributed by atoms with Crippen LogP contribution in [0.4, 0.5) is 5.82 Å². The Morgan fingerprint density at radius 3 is 2.83 bits per heavy atom. The molecule has 5 rings (SSSR count). The molecule has 2 aliphatic rings. The zero-order chi connectivity index (χ0) is 24.2. The summed E-state index contributed by atoms with van der Waals surface area (Å²) in [4.78, 5) is 23.7. The molecule has 3 aromatic rings. The molecule has 0 saturated carbocycles. The van der Waals surface area contributed by atoms with E-state index in [2.05, 4.69) is 71.3 Å². The minimum absolute atomic E-state index is 0.195. The van der Waals surface area contributed by atoms with Crippen LogP contribution >= 0.6 is 0 Å². The highest BCUT2D eigenvalue weighted by molar-refractivity contribution is 5.84. The number of H-pyrrole nitrogens is 1. The normalized spacial score (nSPS) is 17.6. The van der Waals surface area contributed by atoms with Crippen LogP contribution in [0.3, 0.4) is 0 Å². The molecule has 1 atom stereocenters. The number of likely N-dealkylation sites (tertiary alicyclic amines) is 1. The molecule has 1 saturated heterocycles. The first-order chi connectivity index (χ1) is 17.1. The second-order valence-electron chi connectivity index (χ2n) is 10.4. The number of aromatic nitrogens is 2. The van der Waals surface area contributed by atoms with Gasteiger partial charge in [-0.25, -0.2) is 4.98 Å². The summed E-state index contributed by atoms with van der Waals surface area (Å²) >= 11 is 0. The van der Waals surface area contributed by atoms with Gasteiger partial charge in [0.1, 0.15) is 11.6 Å². The van der Waals surface area contributed by atoms with Gasteiger partial charge in [-0.15, -0.1) is 0 Å². The van der Waals surface area contributed by atoms with Crippen LogP contribution in [0.15, 0.2) is 54.7 Å². The van der Waals surface area contributed by atoms with Crippen LogP contribution in [-0.2, 0) is 17.6 Å². The summed E-state index contributed by atoms with van der Waals surface area (Å²) in [6, 6.07) is 13.0. The number of anilines is 1. The largest absolute Gasteiger partial charge is 0.370 e. The molecular formula is C30H38N4O. The number of hydrogen-bond donors (Lipinski definition) is 2. The Balaban J connectivity index is 1.10. The van der Waals surface area contributed by atoms with Crippen LogP contribution in [0.1, 0.15) is 68.3 Å². The SMILES string of the molecule is C=C(C)C(c1c[nH]c2ccccc12)N1CCC(C(=O)CCCCc2ccc3c(n2)NCCC3)CC1. The summed E-state index contributed by atoms with van der Waals surface area (Å²) in [5, 5.41) is 4.68. The van der Waals surface area contributed by atoms with E-state index in [-0.39, 0.29) is 12.0 Å². The van der Waals surface area contributed by atoms with E-state index >= 15 is 0 Å². The lowest BCUT2D eigenvalue weighted by atomic mass is 9.87. The summed E-state index contributed by atoms with van der Waals surface area (Å²) in [5.41, 5.74) is 6.09. The number of Topliss-reactive ketones (excluding diaryl/α,β-unsaturated/α-hetero) is 1. The number of carbonyl (C=O) groups excluding carboxylic acids is 1. The van der Waals surface area contributed by atoms with Gasteiger partial charge in [0.15, 0.2) is 0 Å². The maximum atomic E-state index is 12.9. The third-order valence-electron chi connectivity index (χ3n) is 7.79. The zero-order valence-electron chi connectivity index (χ0n) is 21.0. The molecule has 1 fully saturated rings. The number of carbonyl (C=O) groups is 1. The van der Waals surface area contributed by atoms with E-state index in [9.17, 15) is 4.79 Å². The van der Waals surface area contributed by atoms with Crippen molar-refractivity contribution in [3.05, 3.63) is 71.6 Å². The Morgan fingerprint density at radius 2 is 2.00 bits per heavy atom. The van der Waals surface area contributed by atoms with Crippen molar-refractivity contribution < 1.29 is 4.79 Å². The van der Waals surface area contributed by atoms with Crippen LogP contribution in [0.25, 0.3) is 10.9 Å². The standard InChI is InChI=1S/C30H38N4O/c1-21(2)29(26-20-32-27-11-5-4-10-25(26)27)34-18-15-22(16-19-34)28(35)12-6-3-9-24-14-13-23-8-7-17-31-30(23)33-24/h4-5,10-11,13-14,20,22,29,32H,1,3,6-9,12,15-19H2,2H3,(H,31,33). The predicted molar refractivity (Wildman–Crippen MR) is 144 cm³/mol. The molecular weight excluding hydrogens is 432 g/mol. The molecule has 0 aliphatic carbocycles. The molecule has 2 aromatic heterocycles. The minimum atomic E-state index is 0.195. The van der Waals surface area contributed by atoms with Gasteiger partial charge in [-0.1, -0.05) is 36.4 Å². The van der Waals surface area contributed by atoms with Gasteiger partial charge in [0.2, 0.25) is 0 Å². The van der Waals surface area contributed by atoms with Gasteiger partial charge < -0.3 is 10.3 Å². The smallest absolute Gasteiger partial charge is 0.136 e. The van der Waals surface area contributed by atoms with E-state index < -0.39 is 0 Å². The molecule has 2 aliphatic heterocycles. The first kappa shape index (κ1) is 23.8. The topological polar surface area (TPSA) is 61.0 Å². The van der Waals surface area contributed by atoms with Gasteiger partial charge in [-0.3, -0.25) is 9.69 Å². The number of fused-ring (bicyclic) bond motifs is 2. The van der Waals surface area contributed by atoms with Crippen molar-refractivity contribution in [1.29, 1.82) is 0 Å². The van der Waals surface area contributed by atoms with Crippen LogP contribution in [0.5, 0.6) is 0 Å². The number of benzene rings is 1. The second-order valence-corrected chi connectivity index (χ2v) is 10.4. The number of nitrogens with one attached hydrogen (secondary N) is 2. The molecule has 2 N–H and O–H groups in total. The first-order valence-corrected chi connectivity index (χ1v) is 13.3. The Labute approximate surface area is 209 Å². The molecule has 1 unspecified atom stereocenters. The predicted octanol–water partition coefficient (Wildman–Crippen LogP) is 6.23. The summed E-state index contributed by atoms with van der Waals surface area (Å²) in [6.45, 7) is 9.34. The number of ketones is 1. The molecule has 0 amide bonds. The van der Waals surface area contributed by atoms with E-state index in [1.807, 2.05) is 0 Å². The van der Waals surface area contributed by atoms with Crippen molar-refractivity contribution in [1.82, 2.24) is 14.9 Å². The van der Waals surface area contributed by atoms with Crippen molar-refractivity contribution in [2.75, 3.05) is 25.0 Å². The Kier molecular flexibility index (Phi) is 7.33. The number of nitrogens with zero attached hydrogens (tertiary/aromatic N) is 2. The molecule has 0 spiro atoms. The summed E-state index contributed by atoms with van der Waals surface area (Å²) in [6.07, 6.45) is 9.96. The van der Waals surface area contributed by atoms with E-state index in [0.717, 1.165) is 75.2 Å². The molecule has 5 nitrogen and oxygen atoms in total. The average molecular weight is 471 g/mol. The van der Waals surface area contributed by atoms with Gasteiger partial charge in [0.05, 0.1) is 6.04 Å². The molecule has 35 heavy (non-hydrogen) atoms. The van der Waals surface area contributed by atoms with E-state index in [1.165, 1.54) is 28.5 Å². The number of aromatic amines is 1. The minimum Gasteiger partial charge on any atom is -0.370 e. The van der Waals surface area contributed by atoms with Crippen molar-refractivity contribution in [3.63, 3.8) is 0 Å².